The van der Waals surface area contributed by atoms with E-state index in [9.17, 15) is 0 Å². The molecule has 3 nitrogen and oxygen atoms in total. The second-order valence-corrected chi connectivity index (χ2v) is 4.28. The van der Waals surface area contributed by atoms with Crippen LogP contribution in [-0.4, -0.2) is 18.1 Å². The van der Waals surface area contributed by atoms with Gasteiger partial charge in [-0.2, -0.15) is 0 Å². The van der Waals surface area contributed by atoms with Gasteiger partial charge in [-0.05, 0) is 49.4 Å². The molecule has 3 heteroatoms. The minimum absolute atomic E-state index is 0.366. The maximum atomic E-state index is 5.70. The molecule has 0 aliphatic heterocycles. The predicted octanol–water partition coefficient (Wildman–Crippen LogP) is 1.54. The molecule has 1 aliphatic rings. The normalized spacial score (nSPS) is 17.9. The molecule has 2 rings (SSSR count). The van der Waals surface area contributed by atoms with Crippen LogP contribution in [0.3, 0.4) is 0 Å². The zero-order valence-electron chi connectivity index (χ0n) is 8.59. The molecule has 1 saturated carbocycles. The van der Waals surface area contributed by atoms with E-state index in [1.165, 1.54) is 18.4 Å². The average molecular weight is 191 g/mol. The van der Waals surface area contributed by atoms with Gasteiger partial charge in [-0.25, -0.2) is 4.98 Å². The molecule has 0 aromatic carbocycles. The Bertz CT molecular complexity index is 318. The van der Waals surface area contributed by atoms with Crippen molar-refractivity contribution < 1.29 is 0 Å². The van der Waals surface area contributed by atoms with Crippen molar-refractivity contribution in [1.82, 2.24) is 4.98 Å². The molecular formula is C11H17N3. The molecule has 1 fully saturated rings. The number of aryl methyl sites for hydroxylation is 1. The van der Waals surface area contributed by atoms with E-state index in [-0.39, 0.29) is 0 Å². The maximum Gasteiger partial charge on any atom is 0.126 e. The van der Waals surface area contributed by atoms with E-state index in [2.05, 4.69) is 23.3 Å². The Morgan fingerprint density at radius 1 is 1.57 bits per heavy atom. The van der Waals surface area contributed by atoms with E-state index in [0.29, 0.717) is 5.41 Å². The Hall–Kier alpha value is -1.09. The van der Waals surface area contributed by atoms with Crippen LogP contribution in [0.15, 0.2) is 18.3 Å². The second kappa shape index (κ2) is 3.58. The van der Waals surface area contributed by atoms with Crippen molar-refractivity contribution in [3.63, 3.8) is 0 Å². The molecule has 0 spiro atoms. The molecule has 0 amide bonds. The first-order chi connectivity index (χ1) is 6.74. The minimum atomic E-state index is 0.366. The Balaban J connectivity index is 1.92. The quantitative estimate of drug-likeness (QED) is 0.759. The molecule has 0 radical (unpaired) electrons. The lowest BCUT2D eigenvalue weighted by Gasteiger charge is -2.13. The Morgan fingerprint density at radius 3 is 2.93 bits per heavy atom. The SMILES string of the molecule is Cc1ccnc(NCC2(CN)CC2)c1. The summed E-state index contributed by atoms with van der Waals surface area (Å²) < 4.78 is 0. The van der Waals surface area contributed by atoms with Gasteiger partial charge >= 0.3 is 0 Å². The lowest BCUT2D eigenvalue weighted by atomic mass is 10.1. The van der Waals surface area contributed by atoms with Crippen LogP contribution in [0.5, 0.6) is 0 Å². The summed E-state index contributed by atoms with van der Waals surface area (Å²) in [5.41, 5.74) is 7.31. The summed E-state index contributed by atoms with van der Waals surface area (Å²) >= 11 is 0. The van der Waals surface area contributed by atoms with Crippen LogP contribution in [0.4, 0.5) is 5.82 Å². The lowest BCUT2D eigenvalue weighted by molar-refractivity contribution is 0.555. The predicted molar refractivity (Wildman–Crippen MR) is 58.2 cm³/mol. The monoisotopic (exact) mass is 191 g/mol. The highest BCUT2D eigenvalue weighted by Crippen LogP contribution is 2.44. The van der Waals surface area contributed by atoms with E-state index < -0.39 is 0 Å². The van der Waals surface area contributed by atoms with Crippen molar-refractivity contribution in [3.05, 3.63) is 23.9 Å². The molecule has 14 heavy (non-hydrogen) atoms. The van der Waals surface area contributed by atoms with Crippen LogP contribution in [0.25, 0.3) is 0 Å². The number of nitrogens with two attached hydrogens (primary N) is 1. The van der Waals surface area contributed by atoms with Crippen LogP contribution < -0.4 is 11.1 Å². The first-order valence-corrected chi connectivity index (χ1v) is 5.11. The highest BCUT2D eigenvalue weighted by atomic mass is 15.0. The highest BCUT2D eigenvalue weighted by Gasteiger charge is 2.40. The summed E-state index contributed by atoms with van der Waals surface area (Å²) in [5.74, 6) is 0.963. The molecule has 0 atom stereocenters. The van der Waals surface area contributed by atoms with Crippen LogP contribution >= 0.6 is 0 Å². The third-order valence-corrected chi connectivity index (χ3v) is 2.95. The van der Waals surface area contributed by atoms with Gasteiger partial charge in [0.25, 0.3) is 0 Å². The van der Waals surface area contributed by atoms with E-state index in [1.54, 1.807) is 0 Å². The van der Waals surface area contributed by atoms with Crippen LogP contribution in [-0.2, 0) is 0 Å². The van der Waals surface area contributed by atoms with Gasteiger partial charge in [0.2, 0.25) is 0 Å². The molecule has 1 aromatic heterocycles. The molecule has 76 valence electrons. The third-order valence-electron chi connectivity index (χ3n) is 2.95. The van der Waals surface area contributed by atoms with Crippen molar-refractivity contribution in [1.29, 1.82) is 0 Å². The van der Waals surface area contributed by atoms with E-state index in [1.807, 2.05) is 12.3 Å². The summed E-state index contributed by atoms with van der Waals surface area (Å²) in [7, 11) is 0. The Kier molecular flexibility index (Phi) is 2.42. The molecule has 0 bridgehead atoms. The molecule has 1 heterocycles. The minimum Gasteiger partial charge on any atom is -0.369 e. The number of anilines is 1. The summed E-state index contributed by atoms with van der Waals surface area (Å²) in [5, 5.41) is 3.35. The average Bonchev–Trinajstić information content (AvgIpc) is 2.96. The summed E-state index contributed by atoms with van der Waals surface area (Å²) in [6, 6.07) is 4.06. The maximum absolute atomic E-state index is 5.70. The van der Waals surface area contributed by atoms with Crippen molar-refractivity contribution in [3.8, 4) is 0 Å². The third kappa shape index (κ3) is 2.04. The first-order valence-electron chi connectivity index (χ1n) is 5.11. The van der Waals surface area contributed by atoms with Crippen molar-refractivity contribution in [2.45, 2.75) is 19.8 Å². The molecular weight excluding hydrogens is 174 g/mol. The topological polar surface area (TPSA) is 50.9 Å². The van der Waals surface area contributed by atoms with Crippen molar-refractivity contribution in [2.75, 3.05) is 18.4 Å². The molecule has 1 aliphatic carbocycles. The fraction of sp³-hybridized carbons (Fsp3) is 0.545. The smallest absolute Gasteiger partial charge is 0.126 e. The van der Waals surface area contributed by atoms with Gasteiger partial charge in [0.1, 0.15) is 5.82 Å². The summed E-state index contributed by atoms with van der Waals surface area (Å²) in [6.07, 6.45) is 4.34. The number of aromatic nitrogens is 1. The number of rotatable bonds is 4. The number of nitrogens with one attached hydrogen (secondary N) is 1. The first kappa shape index (κ1) is 9.46. The van der Waals surface area contributed by atoms with Crippen molar-refractivity contribution >= 4 is 5.82 Å². The van der Waals surface area contributed by atoms with Gasteiger partial charge in [-0.1, -0.05) is 0 Å². The zero-order valence-corrected chi connectivity index (χ0v) is 8.59. The standard InChI is InChI=1S/C11H17N3/c1-9-2-5-13-10(6-9)14-8-11(7-12)3-4-11/h2,5-6H,3-4,7-8,12H2,1H3,(H,13,14). The van der Waals surface area contributed by atoms with Crippen molar-refractivity contribution in [2.24, 2.45) is 11.1 Å². The largest absolute Gasteiger partial charge is 0.369 e. The van der Waals surface area contributed by atoms with Crippen LogP contribution in [0, 0.1) is 12.3 Å². The van der Waals surface area contributed by atoms with Gasteiger partial charge in [0, 0.05) is 12.7 Å². The summed E-state index contributed by atoms with van der Waals surface area (Å²) in [4.78, 5) is 4.25. The fourth-order valence-corrected chi connectivity index (χ4v) is 1.54. The Labute approximate surface area is 84.7 Å². The second-order valence-electron chi connectivity index (χ2n) is 4.28. The van der Waals surface area contributed by atoms with E-state index >= 15 is 0 Å². The van der Waals surface area contributed by atoms with Gasteiger partial charge < -0.3 is 11.1 Å². The number of hydrogen-bond donors (Lipinski definition) is 2. The molecule has 3 N–H and O–H groups in total. The van der Waals surface area contributed by atoms with Crippen LogP contribution in [0.2, 0.25) is 0 Å². The van der Waals surface area contributed by atoms with E-state index in [4.69, 9.17) is 5.73 Å². The lowest BCUT2D eigenvalue weighted by Crippen LogP contribution is -2.24. The number of pyridine rings is 1. The van der Waals surface area contributed by atoms with Gasteiger partial charge in [-0.15, -0.1) is 0 Å². The number of nitrogens with zero attached hydrogens (tertiary/aromatic N) is 1. The van der Waals surface area contributed by atoms with E-state index in [0.717, 1.165) is 18.9 Å². The molecule has 1 aromatic rings. The van der Waals surface area contributed by atoms with Crippen LogP contribution in [0.1, 0.15) is 18.4 Å². The highest BCUT2D eigenvalue weighted by molar-refractivity contribution is 5.37. The van der Waals surface area contributed by atoms with Gasteiger partial charge in [0.05, 0.1) is 0 Å². The molecule has 0 unspecified atom stereocenters. The summed E-state index contributed by atoms with van der Waals surface area (Å²) in [6.45, 7) is 3.81. The molecule has 0 saturated heterocycles. The Morgan fingerprint density at radius 2 is 2.36 bits per heavy atom. The van der Waals surface area contributed by atoms with Gasteiger partial charge in [-0.3, -0.25) is 0 Å². The zero-order chi connectivity index (χ0) is 10.0. The van der Waals surface area contributed by atoms with Gasteiger partial charge in [0.15, 0.2) is 0 Å². The number of hydrogen-bond acceptors (Lipinski definition) is 3. The fourth-order valence-electron chi connectivity index (χ4n) is 1.54.